The molecule has 104 valence electrons. The molecule has 0 saturated carbocycles. The number of pyridine rings is 1. The van der Waals surface area contributed by atoms with Gasteiger partial charge in [0.25, 0.3) is 0 Å². The van der Waals surface area contributed by atoms with Gasteiger partial charge < -0.3 is 0 Å². The molecule has 0 aliphatic heterocycles. The fourth-order valence-corrected chi connectivity index (χ4v) is 1.64. The topological polar surface area (TPSA) is 30.0 Å². The molecule has 2 rings (SSSR count). The van der Waals surface area contributed by atoms with Crippen molar-refractivity contribution >= 4 is 5.78 Å². The quantitative estimate of drug-likeness (QED) is 0.367. The van der Waals surface area contributed by atoms with E-state index in [4.69, 9.17) is 0 Å². The van der Waals surface area contributed by atoms with E-state index >= 15 is 0 Å². The molecule has 0 amide bonds. The molecule has 0 fully saturated rings. The van der Waals surface area contributed by atoms with Crippen molar-refractivity contribution in [3.8, 4) is 0 Å². The molecule has 1 heterocycles. The predicted octanol–water partition coefficient (Wildman–Crippen LogP) is 3.32. The van der Waals surface area contributed by atoms with Gasteiger partial charge in [-0.05, 0) is 19.1 Å². The number of carbonyl (C=O) groups is 1. The van der Waals surface area contributed by atoms with Gasteiger partial charge in [-0.15, -0.1) is 0 Å². The number of nitrogens with zero attached hydrogens (tertiary/aromatic N) is 1. The van der Waals surface area contributed by atoms with Gasteiger partial charge in [-0.2, -0.15) is 0 Å². The number of ketones is 1. The van der Waals surface area contributed by atoms with E-state index in [2.05, 4.69) is 4.98 Å². The fraction of sp³-hybridized carbons (Fsp3) is 0.0769. The Morgan fingerprint density at radius 3 is 1.95 bits per heavy atom. The average Bonchev–Trinajstić information content (AvgIpc) is 2.43. The molecule has 0 atom stereocenters. The first-order valence-corrected chi connectivity index (χ1v) is 5.33. The van der Waals surface area contributed by atoms with Crippen LogP contribution in [0.1, 0.15) is 21.6 Å². The Bertz CT molecular complexity index is 685. The zero-order chi connectivity index (χ0) is 15.0. The molecule has 7 heteroatoms. The standard InChI is InChI=1S/C13H6F5NO/c1-5-4-6(2-3-19-5)13(20)7-8(14)10(16)12(18)11(17)9(7)15/h2-4H,1H3. The third-order valence-electron chi connectivity index (χ3n) is 2.60. The molecule has 0 saturated heterocycles. The molecule has 0 aliphatic carbocycles. The number of carbonyl (C=O) groups excluding carboxylic acids is 1. The van der Waals surface area contributed by atoms with E-state index in [1.165, 1.54) is 19.2 Å². The smallest absolute Gasteiger partial charge is 0.200 e. The van der Waals surface area contributed by atoms with Crippen LogP contribution in [0.5, 0.6) is 0 Å². The number of hydrogen-bond acceptors (Lipinski definition) is 2. The van der Waals surface area contributed by atoms with E-state index < -0.39 is 40.4 Å². The Balaban J connectivity index is 2.67. The van der Waals surface area contributed by atoms with E-state index in [0.717, 1.165) is 6.07 Å². The molecule has 1 aromatic carbocycles. The summed E-state index contributed by atoms with van der Waals surface area (Å²) in [5.41, 5.74) is -1.34. The molecule has 20 heavy (non-hydrogen) atoms. The summed E-state index contributed by atoms with van der Waals surface area (Å²) < 4.78 is 65.9. The maximum atomic E-state index is 13.5. The Morgan fingerprint density at radius 1 is 0.950 bits per heavy atom. The molecule has 0 bridgehead atoms. The van der Waals surface area contributed by atoms with Crippen molar-refractivity contribution in [3.63, 3.8) is 0 Å². The van der Waals surface area contributed by atoms with Gasteiger partial charge in [-0.3, -0.25) is 9.78 Å². The largest absolute Gasteiger partial charge is 0.288 e. The summed E-state index contributed by atoms with van der Waals surface area (Å²) in [6, 6.07) is 2.30. The van der Waals surface area contributed by atoms with Crippen LogP contribution in [0, 0.1) is 36.0 Å². The van der Waals surface area contributed by atoms with Crippen LogP contribution in [-0.4, -0.2) is 10.8 Å². The van der Waals surface area contributed by atoms with Crippen molar-refractivity contribution in [3.05, 3.63) is 64.2 Å². The van der Waals surface area contributed by atoms with Crippen molar-refractivity contribution < 1.29 is 26.7 Å². The SMILES string of the molecule is Cc1cc(C(=O)c2c(F)c(F)c(F)c(F)c2F)ccn1. The Kier molecular flexibility index (Phi) is 3.52. The minimum atomic E-state index is -2.30. The maximum absolute atomic E-state index is 13.5. The summed E-state index contributed by atoms with van der Waals surface area (Å²) in [5, 5.41) is 0. The number of aromatic nitrogens is 1. The van der Waals surface area contributed by atoms with Gasteiger partial charge in [-0.1, -0.05) is 0 Å². The second-order valence-corrected chi connectivity index (χ2v) is 3.96. The van der Waals surface area contributed by atoms with Crippen molar-refractivity contribution in [1.29, 1.82) is 0 Å². The van der Waals surface area contributed by atoms with Crippen LogP contribution in [0.4, 0.5) is 22.0 Å². The Hall–Kier alpha value is -2.31. The molecule has 0 N–H and O–H groups in total. The first-order valence-electron chi connectivity index (χ1n) is 5.33. The highest BCUT2D eigenvalue weighted by Crippen LogP contribution is 2.25. The van der Waals surface area contributed by atoms with E-state index in [9.17, 15) is 26.7 Å². The lowest BCUT2D eigenvalue weighted by Gasteiger charge is -2.07. The van der Waals surface area contributed by atoms with Gasteiger partial charge in [0, 0.05) is 17.5 Å². The van der Waals surface area contributed by atoms with Crippen molar-refractivity contribution in [2.24, 2.45) is 0 Å². The van der Waals surface area contributed by atoms with Crippen LogP contribution in [0.15, 0.2) is 18.3 Å². The molecule has 0 spiro atoms. The highest BCUT2D eigenvalue weighted by atomic mass is 19.2. The highest BCUT2D eigenvalue weighted by Gasteiger charge is 2.30. The predicted molar refractivity (Wildman–Crippen MR) is 58.6 cm³/mol. The Morgan fingerprint density at radius 2 is 1.45 bits per heavy atom. The lowest BCUT2D eigenvalue weighted by molar-refractivity contribution is 0.102. The van der Waals surface area contributed by atoms with Gasteiger partial charge in [0.15, 0.2) is 29.1 Å². The second-order valence-electron chi connectivity index (χ2n) is 3.96. The molecule has 0 radical (unpaired) electrons. The van der Waals surface area contributed by atoms with Gasteiger partial charge >= 0.3 is 0 Å². The summed E-state index contributed by atoms with van der Waals surface area (Å²) >= 11 is 0. The lowest BCUT2D eigenvalue weighted by Crippen LogP contribution is -2.13. The zero-order valence-electron chi connectivity index (χ0n) is 9.98. The molecule has 0 unspecified atom stereocenters. The van der Waals surface area contributed by atoms with Crippen LogP contribution in [0.3, 0.4) is 0 Å². The number of aryl methyl sites for hydroxylation is 1. The molecule has 0 aliphatic rings. The van der Waals surface area contributed by atoms with Crippen LogP contribution in [0.2, 0.25) is 0 Å². The van der Waals surface area contributed by atoms with Crippen molar-refractivity contribution in [1.82, 2.24) is 4.98 Å². The molecule has 1 aromatic heterocycles. The van der Waals surface area contributed by atoms with E-state index in [0.29, 0.717) is 5.69 Å². The average molecular weight is 287 g/mol. The molecular formula is C13H6F5NO. The molecule has 2 nitrogen and oxygen atoms in total. The van der Waals surface area contributed by atoms with E-state index in [1.807, 2.05) is 0 Å². The van der Waals surface area contributed by atoms with E-state index in [-0.39, 0.29) is 5.56 Å². The minimum absolute atomic E-state index is 0.222. The van der Waals surface area contributed by atoms with Gasteiger partial charge in [0.05, 0.1) is 0 Å². The van der Waals surface area contributed by atoms with E-state index in [1.54, 1.807) is 0 Å². The van der Waals surface area contributed by atoms with Crippen molar-refractivity contribution in [2.75, 3.05) is 0 Å². The first kappa shape index (κ1) is 14.1. The molecular weight excluding hydrogens is 281 g/mol. The van der Waals surface area contributed by atoms with Crippen LogP contribution in [0.25, 0.3) is 0 Å². The van der Waals surface area contributed by atoms with Gasteiger partial charge in [-0.25, -0.2) is 22.0 Å². The minimum Gasteiger partial charge on any atom is -0.288 e. The number of halogens is 5. The fourth-order valence-electron chi connectivity index (χ4n) is 1.64. The number of rotatable bonds is 2. The van der Waals surface area contributed by atoms with Crippen LogP contribution < -0.4 is 0 Å². The summed E-state index contributed by atoms with van der Waals surface area (Å²) in [7, 11) is 0. The highest BCUT2D eigenvalue weighted by molar-refractivity contribution is 6.09. The number of benzene rings is 1. The third-order valence-corrected chi connectivity index (χ3v) is 2.60. The van der Waals surface area contributed by atoms with Crippen LogP contribution in [-0.2, 0) is 0 Å². The first-order chi connectivity index (χ1) is 9.34. The lowest BCUT2D eigenvalue weighted by atomic mass is 10.0. The maximum Gasteiger partial charge on any atom is 0.200 e. The number of hydrogen-bond donors (Lipinski definition) is 0. The zero-order valence-corrected chi connectivity index (χ0v) is 9.98. The van der Waals surface area contributed by atoms with Crippen LogP contribution >= 0.6 is 0 Å². The summed E-state index contributed by atoms with van der Waals surface area (Å²) in [4.78, 5) is 15.7. The molecule has 2 aromatic rings. The normalized spacial score (nSPS) is 10.7. The van der Waals surface area contributed by atoms with Gasteiger partial charge in [0.2, 0.25) is 5.82 Å². The summed E-state index contributed by atoms with van der Waals surface area (Å²) in [6.07, 6.45) is 1.19. The Labute approximate surface area is 109 Å². The summed E-state index contributed by atoms with van der Waals surface area (Å²) in [6.45, 7) is 1.51. The third kappa shape index (κ3) is 2.15. The van der Waals surface area contributed by atoms with Crippen molar-refractivity contribution in [2.45, 2.75) is 6.92 Å². The van der Waals surface area contributed by atoms with Gasteiger partial charge in [0.1, 0.15) is 5.56 Å². The second kappa shape index (κ2) is 4.99. The monoisotopic (exact) mass is 287 g/mol. The summed E-state index contributed by atoms with van der Waals surface area (Å²) in [5.74, 6) is -12.2.